The van der Waals surface area contributed by atoms with E-state index in [1.165, 1.54) is 6.08 Å². The van der Waals surface area contributed by atoms with Gasteiger partial charge in [-0.05, 0) is 19.1 Å². The number of furan rings is 1. The van der Waals surface area contributed by atoms with E-state index in [0.717, 1.165) is 5.76 Å². The van der Waals surface area contributed by atoms with Crippen molar-refractivity contribution in [1.29, 1.82) is 5.26 Å². The van der Waals surface area contributed by atoms with Crippen LogP contribution in [0.5, 0.6) is 0 Å². The smallest absolute Gasteiger partial charge is 0.176 e. The Morgan fingerprint density at radius 1 is 1.53 bits per heavy atom. The first-order chi connectivity index (χ1) is 7.04. The van der Waals surface area contributed by atoms with Crippen molar-refractivity contribution in [2.45, 2.75) is 20.8 Å². The van der Waals surface area contributed by atoms with Gasteiger partial charge in [-0.2, -0.15) is 5.26 Å². The number of hydrogen-bond acceptors (Lipinski definition) is 3. The van der Waals surface area contributed by atoms with Gasteiger partial charge in [0.1, 0.15) is 17.6 Å². The zero-order chi connectivity index (χ0) is 11.4. The SMILES string of the molecule is Cc1ccc(/C=C(/C#N)C(=O)C(C)C)o1. The predicted octanol–water partition coefficient (Wildman–Crippen LogP) is 2.72. The Morgan fingerprint density at radius 3 is 2.60 bits per heavy atom. The van der Waals surface area contributed by atoms with Crippen LogP contribution in [-0.4, -0.2) is 5.78 Å². The number of allylic oxidation sites excluding steroid dienone is 1. The zero-order valence-corrected chi connectivity index (χ0v) is 9.07. The number of ketones is 1. The van der Waals surface area contributed by atoms with E-state index in [4.69, 9.17) is 9.68 Å². The topological polar surface area (TPSA) is 54.0 Å². The average Bonchev–Trinajstić information content (AvgIpc) is 2.59. The Balaban J connectivity index is 2.99. The van der Waals surface area contributed by atoms with Crippen LogP contribution in [-0.2, 0) is 4.79 Å². The highest BCUT2D eigenvalue weighted by Gasteiger charge is 2.13. The first-order valence-electron chi connectivity index (χ1n) is 4.77. The largest absolute Gasteiger partial charge is 0.462 e. The fourth-order valence-corrected chi connectivity index (χ4v) is 1.14. The van der Waals surface area contributed by atoms with Crippen molar-refractivity contribution < 1.29 is 9.21 Å². The highest BCUT2D eigenvalue weighted by Crippen LogP contribution is 2.13. The van der Waals surface area contributed by atoms with Crippen molar-refractivity contribution in [3.8, 4) is 6.07 Å². The van der Waals surface area contributed by atoms with Crippen LogP contribution in [0.25, 0.3) is 6.08 Å². The molecule has 0 unspecified atom stereocenters. The summed E-state index contributed by atoms with van der Waals surface area (Å²) in [5.74, 6) is 0.965. The molecule has 0 fully saturated rings. The average molecular weight is 203 g/mol. The van der Waals surface area contributed by atoms with Crippen LogP contribution in [0.1, 0.15) is 25.4 Å². The maximum absolute atomic E-state index is 11.6. The van der Waals surface area contributed by atoms with Gasteiger partial charge in [-0.1, -0.05) is 13.8 Å². The first kappa shape index (κ1) is 11.3. The summed E-state index contributed by atoms with van der Waals surface area (Å²) in [7, 11) is 0. The van der Waals surface area contributed by atoms with E-state index in [0.29, 0.717) is 5.76 Å². The van der Waals surface area contributed by atoms with E-state index in [-0.39, 0.29) is 17.3 Å². The van der Waals surface area contributed by atoms with E-state index < -0.39 is 0 Å². The Kier molecular flexibility index (Phi) is 3.46. The molecular weight excluding hydrogens is 190 g/mol. The van der Waals surface area contributed by atoms with Crippen LogP contribution in [0.3, 0.4) is 0 Å². The van der Waals surface area contributed by atoms with Crippen LogP contribution in [0, 0.1) is 24.2 Å². The van der Waals surface area contributed by atoms with Crippen molar-refractivity contribution in [2.75, 3.05) is 0 Å². The minimum absolute atomic E-state index is 0.138. The molecule has 0 radical (unpaired) electrons. The van der Waals surface area contributed by atoms with Crippen LogP contribution in [0.2, 0.25) is 0 Å². The summed E-state index contributed by atoms with van der Waals surface area (Å²) in [5.41, 5.74) is 0.138. The van der Waals surface area contributed by atoms with Crippen molar-refractivity contribution in [1.82, 2.24) is 0 Å². The fraction of sp³-hybridized carbons (Fsp3) is 0.333. The summed E-state index contributed by atoms with van der Waals surface area (Å²) in [4.78, 5) is 11.6. The third-order valence-corrected chi connectivity index (χ3v) is 1.96. The highest BCUT2D eigenvalue weighted by molar-refractivity contribution is 6.03. The summed E-state index contributed by atoms with van der Waals surface area (Å²) in [6.07, 6.45) is 1.48. The molecule has 1 aromatic heterocycles. The van der Waals surface area contributed by atoms with Crippen LogP contribution in [0.4, 0.5) is 0 Å². The maximum atomic E-state index is 11.6. The number of carbonyl (C=O) groups excluding carboxylic acids is 1. The highest BCUT2D eigenvalue weighted by atomic mass is 16.3. The van der Waals surface area contributed by atoms with Gasteiger partial charge in [-0.15, -0.1) is 0 Å². The monoisotopic (exact) mass is 203 g/mol. The lowest BCUT2D eigenvalue weighted by atomic mass is 10.0. The van der Waals surface area contributed by atoms with Gasteiger partial charge >= 0.3 is 0 Å². The molecule has 0 bridgehead atoms. The Morgan fingerprint density at radius 2 is 2.20 bits per heavy atom. The van der Waals surface area contributed by atoms with Gasteiger partial charge in [0.05, 0.1) is 5.57 Å². The minimum Gasteiger partial charge on any atom is -0.462 e. The predicted molar refractivity (Wildman–Crippen MR) is 56.9 cm³/mol. The molecule has 0 aliphatic rings. The summed E-state index contributed by atoms with van der Waals surface area (Å²) in [5, 5.41) is 8.83. The maximum Gasteiger partial charge on any atom is 0.176 e. The van der Waals surface area contributed by atoms with E-state index in [1.54, 1.807) is 26.0 Å². The molecule has 3 nitrogen and oxygen atoms in total. The number of hydrogen-bond donors (Lipinski definition) is 0. The second kappa shape index (κ2) is 4.61. The van der Waals surface area contributed by atoms with Crippen LogP contribution < -0.4 is 0 Å². The van der Waals surface area contributed by atoms with Crippen molar-refractivity contribution in [2.24, 2.45) is 5.92 Å². The normalized spacial score (nSPS) is 11.5. The molecule has 0 amide bonds. The van der Waals surface area contributed by atoms with Gasteiger partial charge in [0, 0.05) is 12.0 Å². The number of Topliss-reactive ketones (excluding diaryl/α,β-unsaturated/α-hetero) is 1. The van der Waals surface area contributed by atoms with Crippen LogP contribution in [0.15, 0.2) is 22.1 Å². The number of aryl methyl sites for hydroxylation is 1. The van der Waals surface area contributed by atoms with E-state index >= 15 is 0 Å². The van der Waals surface area contributed by atoms with Crippen molar-refractivity contribution >= 4 is 11.9 Å². The zero-order valence-electron chi connectivity index (χ0n) is 9.07. The van der Waals surface area contributed by atoms with Gasteiger partial charge in [-0.3, -0.25) is 4.79 Å². The van der Waals surface area contributed by atoms with E-state index in [9.17, 15) is 4.79 Å². The molecule has 0 aliphatic heterocycles. The number of nitrogens with zero attached hydrogens (tertiary/aromatic N) is 1. The number of carbonyl (C=O) groups is 1. The second-order valence-electron chi connectivity index (χ2n) is 3.64. The van der Waals surface area contributed by atoms with E-state index in [2.05, 4.69) is 0 Å². The number of nitriles is 1. The fourth-order valence-electron chi connectivity index (χ4n) is 1.14. The van der Waals surface area contributed by atoms with Crippen molar-refractivity contribution in [3.05, 3.63) is 29.2 Å². The Bertz CT molecular complexity index is 433. The van der Waals surface area contributed by atoms with Gasteiger partial charge in [0.25, 0.3) is 0 Å². The molecule has 0 saturated carbocycles. The second-order valence-corrected chi connectivity index (χ2v) is 3.64. The van der Waals surface area contributed by atoms with Gasteiger partial charge in [0.15, 0.2) is 5.78 Å². The molecule has 15 heavy (non-hydrogen) atoms. The molecule has 0 atom stereocenters. The molecule has 78 valence electrons. The molecule has 0 N–H and O–H groups in total. The Labute approximate surface area is 89.0 Å². The molecular formula is C12H13NO2. The van der Waals surface area contributed by atoms with Gasteiger partial charge in [0.2, 0.25) is 0 Å². The summed E-state index contributed by atoms with van der Waals surface area (Å²) in [6, 6.07) is 5.42. The number of rotatable bonds is 3. The summed E-state index contributed by atoms with van der Waals surface area (Å²) in [6.45, 7) is 5.34. The first-order valence-corrected chi connectivity index (χ1v) is 4.77. The lowest BCUT2D eigenvalue weighted by Crippen LogP contribution is -2.08. The molecule has 1 rings (SSSR count). The molecule has 1 aromatic rings. The van der Waals surface area contributed by atoms with E-state index in [1.807, 2.05) is 13.0 Å². The lowest BCUT2D eigenvalue weighted by Gasteiger charge is -2.00. The third-order valence-electron chi connectivity index (χ3n) is 1.96. The minimum atomic E-state index is -0.174. The van der Waals surface area contributed by atoms with Crippen molar-refractivity contribution in [3.63, 3.8) is 0 Å². The third kappa shape index (κ3) is 2.81. The molecule has 3 heteroatoms. The molecule has 0 aliphatic carbocycles. The Hall–Kier alpha value is -1.82. The molecule has 0 spiro atoms. The molecule has 0 saturated heterocycles. The molecule has 0 aromatic carbocycles. The standard InChI is InChI=1S/C12H13NO2/c1-8(2)12(14)10(7-13)6-11-5-4-9(3)15-11/h4-6,8H,1-3H3/b10-6-. The quantitative estimate of drug-likeness (QED) is 0.560. The summed E-state index contributed by atoms with van der Waals surface area (Å²) < 4.78 is 5.27. The van der Waals surface area contributed by atoms with Gasteiger partial charge < -0.3 is 4.42 Å². The van der Waals surface area contributed by atoms with Crippen LogP contribution >= 0.6 is 0 Å². The lowest BCUT2D eigenvalue weighted by molar-refractivity contribution is -0.117. The van der Waals surface area contributed by atoms with Gasteiger partial charge in [-0.25, -0.2) is 0 Å². The summed E-state index contributed by atoms with van der Waals surface area (Å²) >= 11 is 0. The molecule has 1 heterocycles.